The highest BCUT2D eigenvalue weighted by Crippen LogP contribution is 2.27. The fourth-order valence-electron chi connectivity index (χ4n) is 1.83. The normalized spacial score (nSPS) is 43.7. The van der Waals surface area contributed by atoms with E-state index < -0.39 is 0 Å². The minimum absolute atomic E-state index is 0.730. The summed E-state index contributed by atoms with van der Waals surface area (Å²) in [6, 6.07) is 0.730. The molecule has 2 atom stereocenters. The van der Waals surface area contributed by atoms with Crippen LogP contribution in [0.15, 0.2) is 0 Å². The van der Waals surface area contributed by atoms with Gasteiger partial charge in [0.1, 0.15) is 0 Å². The Kier molecular flexibility index (Phi) is 1.43. The van der Waals surface area contributed by atoms with Crippen molar-refractivity contribution in [3.8, 4) is 0 Å². The number of thiol groups is 1. The van der Waals surface area contributed by atoms with Crippen LogP contribution in [-0.4, -0.2) is 30.0 Å². The van der Waals surface area contributed by atoms with E-state index >= 15 is 0 Å². The van der Waals surface area contributed by atoms with Gasteiger partial charge < -0.3 is 5.32 Å². The SMILES string of the molecule is SN1CCC2CNCC21. The summed E-state index contributed by atoms with van der Waals surface area (Å²) in [6.45, 7) is 3.54. The van der Waals surface area contributed by atoms with Crippen molar-refractivity contribution < 1.29 is 0 Å². The highest BCUT2D eigenvalue weighted by Gasteiger charge is 2.35. The lowest BCUT2D eigenvalue weighted by Crippen LogP contribution is -2.26. The second kappa shape index (κ2) is 2.15. The molecule has 2 aliphatic rings. The fraction of sp³-hybridized carbons (Fsp3) is 1.00. The molecule has 2 fully saturated rings. The van der Waals surface area contributed by atoms with Crippen molar-refractivity contribution >= 4 is 12.8 Å². The topological polar surface area (TPSA) is 15.3 Å². The lowest BCUT2D eigenvalue weighted by atomic mass is 10.1. The highest BCUT2D eigenvalue weighted by atomic mass is 32.1. The van der Waals surface area contributed by atoms with Gasteiger partial charge in [-0.25, -0.2) is 4.31 Å². The first-order valence-electron chi connectivity index (χ1n) is 3.54. The monoisotopic (exact) mass is 144 g/mol. The quantitative estimate of drug-likeness (QED) is 0.470. The second-order valence-electron chi connectivity index (χ2n) is 2.94. The van der Waals surface area contributed by atoms with E-state index in [4.69, 9.17) is 0 Å². The minimum atomic E-state index is 0.730. The third-order valence-corrected chi connectivity index (χ3v) is 2.91. The molecule has 0 aromatic carbocycles. The maximum Gasteiger partial charge on any atom is 0.0365 e. The van der Waals surface area contributed by atoms with E-state index in [0.717, 1.165) is 18.5 Å². The van der Waals surface area contributed by atoms with Crippen LogP contribution in [0.3, 0.4) is 0 Å². The largest absolute Gasteiger partial charge is 0.315 e. The zero-order chi connectivity index (χ0) is 6.27. The molecule has 0 aromatic heterocycles. The molecule has 2 saturated heterocycles. The van der Waals surface area contributed by atoms with Gasteiger partial charge in [-0.05, 0) is 18.9 Å². The summed E-state index contributed by atoms with van der Waals surface area (Å²) in [4.78, 5) is 0. The van der Waals surface area contributed by atoms with Crippen molar-refractivity contribution in [2.45, 2.75) is 12.5 Å². The van der Waals surface area contributed by atoms with Gasteiger partial charge in [0.2, 0.25) is 0 Å². The van der Waals surface area contributed by atoms with E-state index in [1.54, 1.807) is 0 Å². The molecule has 0 radical (unpaired) electrons. The van der Waals surface area contributed by atoms with Crippen LogP contribution in [-0.2, 0) is 0 Å². The summed E-state index contributed by atoms with van der Waals surface area (Å²) >= 11 is 4.36. The van der Waals surface area contributed by atoms with Crippen LogP contribution in [0, 0.1) is 5.92 Å². The number of hydrogen-bond acceptors (Lipinski definition) is 3. The zero-order valence-corrected chi connectivity index (χ0v) is 6.27. The Hall–Kier alpha value is 0.270. The second-order valence-corrected chi connectivity index (χ2v) is 3.45. The lowest BCUT2D eigenvalue weighted by Gasteiger charge is -2.14. The van der Waals surface area contributed by atoms with Gasteiger partial charge in [0.05, 0.1) is 0 Å². The molecule has 2 rings (SSSR count). The summed E-state index contributed by atoms with van der Waals surface area (Å²) in [6.07, 6.45) is 1.33. The van der Waals surface area contributed by atoms with Gasteiger partial charge in [-0.3, -0.25) is 0 Å². The minimum Gasteiger partial charge on any atom is -0.315 e. The van der Waals surface area contributed by atoms with Gasteiger partial charge in [-0.1, -0.05) is 12.8 Å². The first-order chi connectivity index (χ1) is 4.38. The summed E-state index contributed by atoms with van der Waals surface area (Å²) in [5, 5.41) is 3.36. The number of fused-ring (bicyclic) bond motifs is 1. The third-order valence-electron chi connectivity index (χ3n) is 2.42. The van der Waals surface area contributed by atoms with Crippen molar-refractivity contribution in [1.29, 1.82) is 0 Å². The number of hydrogen-bond donors (Lipinski definition) is 2. The summed E-state index contributed by atoms with van der Waals surface area (Å²) in [5.41, 5.74) is 0. The molecule has 1 N–H and O–H groups in total. The fourth-order valence-corrected chi connectivity index (χ4v) is 2.21. The Morgan fingerprint density at radius 3 is 3.11 bits per heavy atom. The molecule has 9 heavy (non-hydrogen) atoms. The maximum absolute atomic E-state index is 4.36. The van der Waals surface area contributed by atoms with Crippen LogP contribution >= 0.6 is 12.8 Å². The van der Waals surface area contributed by atoms with Crippen molar-refractivity contribution in [2.24, 2.45) is 5.92 Å². The zero-order valence-electron chi connectivity index (χ0n) is 5.38. The van der Waals surface area contributed by atoms with Crippen LogP contribution in [0.1, 0.15) is 6.42 Å². The van der Waals surface area contributed by atoms with E-state index in [2.05, 4.69) is 22.4 Å². The van der Waals surface area contributed by atoms with Gasteiger partial charge in [0, 0.05) is 19.1 Å². The van der Waals surface area contributed by atoms with Crippen LogP contribution < -0.4 is 5.32 Å². The lowest BCUT2D eigenvalue weighted by molar-refractivity contribution is 0.432. The van der Waals surface area contributed by atoms with Gasteiger partial charge >= 0.3 is 0 Å². The standard InChI is InChI=1S/C6H12N2S/c9-8-2-1-5-3-7-4-6(5)8/h5-7,9H,1-4H2. The van der Waals surface area contributed by atoms with E-state index in [1.807, 2.05) is 0 Å². The Morgan fingerprint density at radius 1 is 1.44 bits per heavy atom. The average molecular weight is 144 g/mol. The van der Waals surface area contributed by atoms with Gasteiger partial charge in [0.25, 0.3) is 0 Å². The molecule has 0 bridgehead atoms. The van der Waals surface area contributed by atoms with E-state index in [0.29, 0.717) is 0 Å². The Balaban J connectivity index is 2.07. The van der Waals surface area contributed by atoms with Gasteiger partial charge in [0.15, 0.2) is 0 Å². The predicted molar refractivity (Wildman–Crippen MR) is 40.5 cm³/mol. The average Bonchev–Trinajstić information content (AvgIpc) is 2.35. The van der Waals surface area contributed by atoms with Gasteiger partial charge in [-0.2, -0.15) is 0 Å². The molecule has 2 nitrogen and oxygen atoms in total. The van der Waals surface area contributed by atoms with Crippen LogP contribution in [0.5, 0.6) is 0 Å². The van der Waals surface area contributed by atoms with Crippen LogP contribution in [0.25, 0.3) is 0 Å². The Morgan fingerprint density at radius 2 is 2.33 bits per heavy atom. The summed E-state index contributed by atoms with van der Waals surface area (Å²) < 4.78 is 2.17. The van der Waals surface area contributed by atoms with E-state index in [9.17, 15) is 0 Å². The smallest absolute Gasteiger partial charge is 0.0365 e. The molecule has 2 unspecified atom stereocenters. The molecule has 0 saturated carbocycles. The molecule has 0 aliphatic carbocycles. The predicted octanol–water partition coefficient (Wildman–Crippen LogP) is 0.125. The molecule has 0 aromatic rings. The molecular weight excluding hydrogens is 132 g/mol. The number of rotatable bonds is 0. The molecular formula is C6H12N2S. The first kappa shape index (κ1) is 6.01. The van der Waals surface area contributed by atoms with Crippen LogP contribution in [0.2, 0.25) is 0 Å². The maximum atomic E-state index is 4.36. The first-order valence-corrected chi connectivity index (χ1v) is 3.94. The summed E-state index contributed by atoms with van der Waals surface area (Å²) in [7, 11) is 0. The number of nitrogens with one attached hydrogen (secondary N) is 1. The van der Waals surface area contributed by atoms with Crippen molar-refractivity contribution in [1.82, 2.24) is 9.62 Å². The van der Waals surface area contributed by atoms with Crippen molar-refractivity contribution in [2.75, 3.05) is 19.6 Å². The van der Waals surface area contributed by atoms with Crippen molar-refractivity contribution in [3.05, 3.63) is 0 Å². The van der Waals surface area contributed by atoms with Crippen molar-refractivity contribution in [3.63, 3.8) is 0 Å². The molecule has 2 aliphatic heterocycles. The van der Waals surface area contributed by atoms with Gasteiger partial charge in [-0.15, -0.1) is 0 Å². The van der Waals surface area contributed by atoms with E-state index in [-0.39, 0.29) is 0 Å². The van der Waals surface area contributed by atoms with E-state index in [1.165, 1.54) is 19.5 Å². The highest BCUT2D eigenvalue weighted by molar-refractivity contribution is 7.77. The molecule has 3 heteroatoms. The molecule has 52 valence electrons. The summed E-state index contributed by atoms with van der Waals surface area (Å²) in [5.74, 6) is 0.891. The third kappa shape index (κ3) is 0.876. The Labute approximate surface area is 61.2 Å². The molecule has 0 spiro atoms. The molecule has 2 heterocycles. The Bertz CT molecular complexity index is 118. The molecule has 0 amide bonds. The van der Waals surface area contributed by atoms with Crippen LogP contribution in [0.4, 0.5) is 0 Å². The number of nitrogens with zero attached hydrogens (tertiary/aromatic N) is 1.